The minimum absolute atomic E-state index is 0.247. The molecule has 2 nitrogen and oxygen atoms in total. The van der Waals surface area contributed by atoms with E-state index in [1.807, 2.05) is 0 Å². The lowest BCUT2D eigenvalue weighted by molar-refractivity contribution is 0.0821. The van der Waals surface area contributed by atoms with Gasteiger partial charge in [0, 0.05) is 0 Å². The second-order valence-electron chi connectivity index (χ2n) is 7.67. The maximum absolute atomic E-state index is 5.88. The van der Waals surface area contributed by atoms with Crippen LogP contribution >= 0.6 is 0 Å². The third-order valence-corrected chi connectivity index (χ3v) is 6.33. The molecule has 2 saturated heterocycles. The number of rotatable bonds is 1. The fourth-order valence-corrected chi connectivity index (χ4v) is 4.57. The first kappa shape index (κ1) is 10.8. The van der Waals surface area contributed by atoms with E-state index >= 15 is 0 Å². The Morgan fingerprint density at radius 1 is 0.824 bits per heavy atom. The first-order valence-electron chi connectivity index (χ1n) is 7.29. The molecule has 2 saturated carbocycles. The Bertz CT molecular complexity index is 368. The van der Waals surface area contributed by atoms with Gasteiger partial charge in [-0.3, -0.25) is 0 Å². The van der Waals surface area contributed by atoms with E-state index in [0.29, 0.717) is 17.6 Å². The van der Waals surface area contributed by atoms with Crippen LogP contribution in [0.25, 0.3) is 0 Å². The Labute approximate surface area is 104 Å². The van der Waals surface area contributed by atoms with Gasteiger partial charge in [0.15, 0.2) is 0 Å². The molecule has 0 aromatic rings. The number of fused-ring (bicyclic) bond motifs is 2. The highest BCUT2D eigenvalue weighted by molar-refractivity contribution is 5.11. The van der Waals surface area contributed by atoms with Crippen LogP contribution in [0.5, 0.6) is 0 Å². The van der Waals surface area contributed by atoms with Crippen LogP contribution in [0.3, 0.4) is 0 Å². The molecule has 0 N–H and O–H groups in total. The normalized spacial score (nSPS) is 64.8. The van der Waals surface area contributed by atoms with Gasteiger partial charge in [-0.15, -0.1) is 0 Å². The van der Waals surface area contributed by atoms with Gasteiger partial charge < -0.3 is 9.47 Å². The lowest BCUT2D eigenvalue weighted by Gasteiger charge is -2.43. The van der Waals surface area contributed by atoms with Crippen LogP contribution in [-0.2, 0) is 9.47 Å². The molecule has 17 heavy (non-hydrogen) atoms. The van der Waals surface area contributed by atoms with Crippen molar-refractivity contribution in [3.63, 3.8) is 0 Å². The van der Waals surface area contributed by atoms with Gasteiger partial charge in [0.05, 0.1) is 23.4 Å². The second kappa shape index (κ2) is 2.91. The van der Waals surface area contributed by atoms with Crippen LogP contribution in [0, 0.1) is 11.3 Å². The summed E-state index contributed by atoms with van der Waals surface area (Å²) in [5.41, 5.74) is 1.02. The Morgan fingerprint density at radius 3 is 2.29 bits per heavy atom. The molecule has 0 aromatic carbocycles. The van der Waals surface area contributed by atoms with Crippen molar-refractivity contribution in [3.8, 4) is 0 Å². The highest BCUT2D eigenvalue weighted by Crippen LogP contribution is 2.61. The van der Waals surface area contributed by atoms with E-state index in [1.54, 1.807) is 0 Å². The molecular formula is C15H24O2. The topological polar surface area (TPSA) is 25.1 Å². The summed E-state index contributed by atoms with van der Waals surface area (Å²) >= 11 is 0. The van der Waals surface area contributed by atoms with Crippen LogP contribution in [0.2, 0.25) is 0 Å². The van der Waals surface area contributed by atoms with Crippen LogP contribution < -0.4 is 0 Å². The number of hydrogen-bond donors (Lipinski definition) is 0. The summed E-state index contributed by atoms with van der Waals surface area (Å²) in [6.45, 7) is 7.11. The minimum Gasteiger partial charge on any atom is -0.366 e. The van der Waals surface area contributed by atoms with Gasteiger partial charge in [-0.05, 0) is 63.7 Å². The van der Waals surface area contributed by atoms with Crippen molar-refractivity contribution in [1.82, 2.24) is 0 Å². The van der Waals surface area contributed by atoms with Crippen molar-refractivity contribution in [2.24, 2.45) is 11.3 Å². The van der Waals surface area contributed by atoms with E-state index in [4.69, 9.17) is 9.47 Å². The van der Waals surface area contributed by atoms with E-state index in [1.165, 1.54) is 38.5 Å². The Balaban J connectivity index is 1.50. The average Bonchev–Trinajstić information content (AvgIpc) is 3.11. The van der Waals surface area contributed by atoms with Gasteiger partial charge in [-0.25, -0.2) is 0 Å². The molecule has 6 unspecified atom stereocenters. The molecule has 4 fully saturated rings. The van der Waals surface area contributed by atoms with Gasteiger partial charge in [0.2, 0.25) is 0 Å². The molecule has 4 aliphatic rings. The number of hydrogen-bond acceptors (Lipinski definition) is 2. The first-order chi connectivity index (χ1) is 7.94. The maximum atomic E-state index is 5.88. The monoisotopic (exact) mass is 236 g/mol. The van der Waals surface area contributed by atoms with Gasteiger partial charge >= 0.3 is 0 Å². The molecule has 6 atom stereocenters. The molecule has 0 aromatic heterocycles. The van der Waals surface area contributed by atoms with E-state index in [9.17, 15) is 0 Å². The van der Waals surface area contributed by atoms with E-state index in [-0.39, 0.29) is 11.2 Å². The zero-order valence-electron chi connectivity index (χ0n) is 11.3. The zero-order valence-corrected chi connectivity index (χ0v) is 11.3. The smallest absolute Gasteiger partial charge is 0.0923 e. The van der Waals surface area contributed by atoms with E-state index in [0.717, 1.165) is 5.92 Å². The second-order valence-corrected chi connectivity index (χ2v) is 7.67. The summed E-state index contributed by atoms with van der Waals surface area (Å²) in [6.07, 6.45) is 9.02. The van der Waals surface area contributed by atoms with Gasteiger partial charge in [0.1, 0.15) is 0 Å². The fourth-order valence-electron chi connectivity index (χ4n) is 4.57. The van der Waals surface area contributed by atoms with Crippen LogP contribution in [0.1, 0.15) is 59.3 Å². The molecule has 4 rings (SSSR count). The van der Waals surface area contributed by atoms with Crippen molar-refractivity contribution < 1.29 is 9.47 Å². The molecule has 0 amide bonds. The SMILES string of the molecule is CC1(C2CCC3OC3(C)C2)CCC2(C)OC2C1. The summed E-state index contributed by atoms with van der Waals surface area (Å²) in [7, 11) is 0. The van der Waals surface area contributed by atoms with Crippen LogP contribution in [0.4, 0.5) is 0 Å². The summed E-state index contributed by atoms with van der Waals surface area (Å²) in [5.74, 6) is 0.861. The number of epoxide rings is 2. The third-order valence-electron chi connectivity index (χ3n) is 6.33. The van der Waals surface area contributed by atoms with Gasteiger partial charge in [-0.2, -0.15) is 0 Å². The summed E-state index contributed by atoms with van der Waals surface area (Å²) in [4.78, 5) is 0. The molecule has 0 bridgehead atoms. The lowest BCUT2D eigenvalue weighted by atomic mass is 9.60. The molecule has 2 aliphatic heterocycles. The zero-order chi connectivity index (χ0) is 11.9. The lowest BCUT2D eigenvalue weighted by Crippen LogP contribution is -2.39. The van der Waals surface area contributed by atoms with Gasteiger partial charge in [-0.1, -0.05) is 6.92 Å². The van der Waals surface area contributed by atoms with Crippen molar-refractivity contribution in [3.05, 3.63) is 0 Å². The van der Waals surface area contributed by atoms with Crippen molar-refractivity contribution in [2.45, 2.75) is 82.7 Å². The van der Waals surface area contributed by atoms with Gasteiger partial charge in [0.25, 0.3) is 0 Å². The van der Waals surface area contributed by atoms with E-state index < -0.39 is 0 Å². The minimum atomic E-state index is 0.247. The molecule has 2 heteroatoms. The number of ether oxygens (including phenoxy) is 2. The summed E-state index contributed by atoms with van der Waals surface area (Å²) in [6, 6.07) is 0. The average molecular weight is 236 g/mol. The maximum Gasteiger partial charge on any atom is 0.0923 e. The largest absolute Gasteiger partial charge is 0.366 e. The molecule has 2 aliphatic carbocycles. The van der Waals surface area contributed by atoms with Crippen molar-refractivity contribution in [1.29, 1.82) is 0 Å². The van der Waals surface area contributed by atoms with Crippen molar-refractivity contribution in [2.75, 3.05) is 0 Å². The first-order valence-corrected chi connectivity index (χ1v) is 7.29. The third kappa shape index (κ3) is 1.46. The van der Waals surface area contributed by atoms with Crippen LogP contribution in [0.15, 0.2) is 0 Å². The quantitative estimate of drug-likeness (QED) is 0.653. The fraction of sp³-hybridized carbons (Fsp3) is 1.00. The van der Waals surface area contributed by atoms with E-state index in [2.05, 4.69) is 20.8 Å². The highest BCUT2D eigenvalue weighted by atomic mass is 16.6. The Morgan fingerprint density at radius 2 is 1.59 bits per heavy atom. The van der Waals surface area contributed by atoms with Crippen molar-refractivity contribution >= 4 is 0 Å². The molecule has 0 spiro atoms. The predicted octanol–water partition coefficient (Wildman–Crippen LogP) is 3.29. The highest BCUT2D eigenvalue weighted by Gasteiger charge is 2.63. The predicted molar refractivity (Wildman–Crippen MR) is 65.9 cm³/mol. The Kier molecular flexibility index (Phi) is 1.85. The molecule has 96 valence electrons. The Hall–Kier alpha value is -0.0800. The summed E-state index contributed by atoms with van der Waals surface area (Å²) in [5, 5.41) is 0. The standard InChI is InChI=1S/C15H24O2/c1-13(6-7-14(2)12(9-13)17-14)10-4-5-11-15(3,8-10)16-11/h10-12H,4-9H2,1-3H3. The molecule has 0 radical (unpaired) electrons. The summed E-state index contributed by atoms with van der Waals surface area (Å²) < 4.78 is 11.7. The molecular weight excluding hydrogens is 212 g/mol. The van der Waals surface area contributed by atoms with Crippen LogP contribution in [-0.4, -0.2) is 23.4 Å². The molecule has 2 heterocycles.